The molecule has 1 unspecified atom stereocenters. The summed E-state index contributed by atoms with van der Waals surface area (Å²) in [6.07, 6.45) is 0.486. The van der Waals surface area contributed by atoms with Crippen molar-refractivity contribution in [3.05, 3.63) is 23.7 Å². The van der Waals surface area contributed by atoms with Crippen LogP contribution in [0.25, 0.3) is 0 Å². The second-order valence-corrected chi connectivity index (χ2v) is 4.44. The standard InChI is InChI=1S/C12H21NO3/c1-9(2)5-10(15)6-13-7-11-3-4-12(8-14)16-11/h3-4,9-10,13-15H,5-8H2,1-2H3. The second kappa shape index (κ2) is 6.68. The summed E-state index contributed by atoms with van der Waals surface area (Å²) in [7, 11) is 0. The summed E-state index contributed by atoms with van der Waals surface area (Å²) in [6, 6.07) is 3.58. The van der Waals surface area contributed by atoms with Gasteiger partial charge in [0.1, 0.15) is 18.1 Å². The van der Waals surface area contributed by atoms with Crippen molar-refractivity contribution < 1.29 is 14.6 Å². The summed E-state index contributed by atoms with van der Waals surface area (Å²) in [4.78, 5) is 0. The number of hydrogen-bond acceptors (Lipinski definition) is 4. The zero-order chi connectivity index (χ0) is 12.0. The van der Waals surface area contributed by atoms with Gasteiger partial charge >= 0.3 is 0 Å². The van der Waals surface area contributed by atoms with E-state index in [1.807, 2.05) is 6.07 Å². The lowest BCUT2D eigenvalue weighted by Crippen LogP contribution is -2.27. The summed E-state index contributed by atoms with van der Waals surface area (Å²) >= 11 is 0. The SMILES string of the molecule is CC(C)CC(O)CNCc1ccc(CO)o1. The fraction of sp³-hybridized carbons (Fsp3) is 0.667. The highest BCUT2D eigenvalue weighted by Crippen LogP contribution is 2.07. The monoisotopic (exact) mass is 227 g/mol. The van der Waals surface area contributed by atoms with Crippen molar-refractivity contribution in [2.75, 3.05) is 6.54 Å². The van der Waals surface area contributed by atoms with Crippen LogP contribution in [0.2, 0.25) is 0 Å². The number of nitrogens with one attached hydrogen (secondary N) is 1. The van der Waals surface area contributed by atoms with E-state index < -0.39 is 0 Å². The highest BCUT2D eigenvalue weighted by molar-refractivity contribution is 5.05. The Morgan fingerprint density at radius 1 is 1.31 bits per heavy atom. The van der Waals surface area contributed by atoms with Crippen LogP contribution in [0, 0.1) is 5.92 Å². The molecule has 1 aromatic heterocycles. The molecule has 3 N–H and O–H groups in total. The molecule has 0 aromatic carbocycles. The topological polar surface area (TPSA) is 65.6 Å². The summed E-state index contributed by atoms with van der Waals surface area (Å²) in [5.74, 6) is 1.85. The van der Waals surface area contributed by atoms with Crippen LogP contribution in [0.3, 0.4) is 0 Å². The predicted octanol–water partition coefficient (Wildman–Crippen LogP) is 1.27. The molecule has 0 saturated heterocycles. The minimum absolute atomic E-state index is 0.0734. The molecule has 0 aliphatic rings. The third-order valence-corrected chi connectivity index (χ3v) is 2.30. The molecule has 0 radical (unpaired) electrons. The molecule has 0 spiro atoms. The van der Waals surface area contributed by atoms with E-state index in [1.54, 1.807) is 6.07 Å². The number of furan rings is 1. The van der Waals surface area contributed by atoms with Crippen LogP contribution < -0.4 is 5.32 Å². The third-order valence-electron chi connectivity index (χ3n) is 2.30. The molecule has 0 aliphatic carbocycles. The largest absolute Gasteiger partial charge is 0.462 e. The van der Waals surface area contributed by atoms with E-state index in [2.05, 4.69) is 19.2 Å². The van der Waals surface area contributed by atoms with Gasteiger partial charge in [0.25, 0.3) is 0 Å². The Bertz CT molecular complexity index is 296. The molecule has 16 heavy (non-hydrogen) atoms. The quantitative estimate of drug-likeness (QED) is 0.656. The van der Waals surface area contributed by atoms with Gasteiger partial charge in [0.15, 0.2) is 0 Å². The normalized spacial score (nSPS) is 13.3. The van der Waals surface area contributed by atoms with E-state index in [4.69, 9.17) is 9.52 Å². The van der Waals surface area contributed by atoms with E-state index >= 15 is 0 Å². The minimum atomic E-state index is -0.313. The summed E-state index contributed by atoms with van der Waals surface area (Å²) < 4.78 is 5.30. The van der Waals surface area contributed by atoms with Crippen molar-refractivity contribution >= 4 is 0 Å². The van der Waals surface area contributed by atoms with Gasteiger partial charge in [-0.05, 0) is 24.5 Å². The Morgan fingerprint density at radius 2 is 2.00 bits per heavy atom. The molecular weight excluding hydrogens is 206 g/mol. The van der Waals surface area contributed by atoms with E-state index in [0.29, 0.717) is 24.8 Å². The maximum atomic E-state index is 9.62. The van der Waals surface area contributed by atoms with Crippen LogP contribution in [0.5, 0.6) is 0 Å². The van der Waals surface area contributed by atoms with Gasteiger partial charge in [-0.3, -0.25) is 0 Å². The van der Waals surface area contributed by atoms with Gasteiger partial charge in [-0.15, -0.1) is 0 Å². The van der Waals surface area contributed by atoms with Crippen LogP contribution in [-0.4, -0.2) is 22.9 Å². The first-order valence-corrected chi connectivity index (χ1v) is 5.69. The number of hydrogen-bond donors (Lipinski definition) is 3. The van der Waals surface area contributed by atoms with Crippen LogP contribution in [-0.2, 0) is 13.2 Å². The minimum Gasteiger partial charge on any atom is -0.462 e. The van der Waals surface area contributed by atoms with Crippen molar-refractivity contribution in [1.29, 1.82) is 0 Å². The van der Waals surface area contributed by atoms with E-state index in [0.717, 1.165) is 12.2 Å². The molecule has 0 fully saturated rings. The van der Waals surface area contributed by atoms with Gasteiger partial charge in [0.2, 0.25) is 0 Å². The smallest absolute Gasteiger partial charge is 0.129 e. The lowest BCUT2D eigenvalue weighted by atomic mass is 10.1. The average Bonchev–Trinajstić information content (AvgIpc) is 2.64. The molecule has 4 heteroatoms. The Kier molecular flexibility index (Phi) is 5.52. The van der Waals surface area contributed by atoms with Gasteiger partial charge in [-0.1, -0.05) is 13.8 Å². The molecule has 1 rings (SSSR count). The second-order valence-electron chi connectivity index (χ2n) is 4.44. The van der Waals surface area contributed by atoms with Crippen molar-refractivity contribution in [2.45, 2.75) is 39.5 Å². The van der Waals surface area contributed by atoms with Crippen molar-refractivity contribution in [2.24, 2.45) is 5.92 Å². The highest BCUT2D eigenvalue weighted by Gasteiger charge is 2.07. The van der Waals surface area contributed by atoms with Crippen LogP contribution in [0.15, 0.2) is 16.5 Å². The van der Waals surface area contributed by atoms with Gasteiger partial charge < -0.3 is 19.9 Å². The molecule has 92 valence electrons. The van der Waals surface area contributed by atoms with E-state index in [-0.39, 0.29) is 12.7 Å². The van der Waals surface area contributed by atoms with Gasteiger partial charge in [-0.2, -0.15) is 0 Å². The molecule has 0 aliphatic heterocycles. The fourth-order valence-corrected chi connectivity index (χ4v) is 1.59. The maximum Gasteiger partial charge on any atom is 0.129 e. The number of rotatable bonds is 7. The molecule has 1 heterocycles. The van der Waals surface area contributed by atoms with Crippen molar-refractivity contribution in [1.82, 2.24) is 5.32 Å². The van der Waals surface area contributed by atoms with Crippen LogP contribution >= 0.6 is 0 Å². The molecule has 1 aromatic rings. The molecule has 0 saturated carbocycles. The average molecular weight is 227 g/mol. The lowest BCUT2D eigenvalue weighted by Gasteiger charge is -2.13. The highest BCUT2D eigenvalue weighted by atomic mass is 16.4. The Hall–Kier alpha value is -0.840. The fourth-order valence-electron chi connectivity index (χ4n) is 1.59. The summed E-state index contributed by atoms with van der Waals surface area (Å²) in [5.41, 5.74) is 0. The Balaban J connectivity index is 2.19. The third kappa shape index (κ3) is 4.79. The molecular formula is C12H21NO3. The van der Waals surface area contributed by atoms with Crippen LogP contribution in [0.1, 0.15) is 31.8 Å². The van der Waals surface area contributed by atoms with E-state index in [1.165, 1.54) is 0 Å². The zero-order valence-corrected chi connectivity index (χ0v) is 9.94. The molecule has 4 nitrogen and oxygen atoms in total. The maximum absolute atomic E-state index is 9.62. The molecule has 0 bridgehead atoms. The molecule has 0 amide bonds. The van der Waals surface area contributed by atoms with E-state index in [9.17, 15) is 5.11 Å². The van der Waals surface area contributed by atoms with Gasteiger partial charge in [0, 0.05) is 6.54 Å². The van der Waals surface area contributed by atoms with Gasteiger partial charge in [-0.25, -0.2) is 0 Å². The Morgan fingerprint density at radius 3 is 2.56 bits per heavy atom. The zero-order valence-electron chi connectivity index (χ0n) is 9.94. The summed E-state index contributed by atoms with van der Waals surface area (Å²) in [6.45, 7) is 5.24. The number of aliphatic hydroxyl groups excluding tert-OH is 2. The molecule has 1 atom stereocenters. The van der Waals surface area contributed by atoms with Crippen molar-refractivity contribution in [3.63, 3.8) is 0 Å². The first-order chi connectivity index (χ1) is 7.61. The first-order valence-electron chi connectivity index (χ1n) is 5.69. The predicted molar refractivity (Wildman–Crippen MR) is 61.8 cm³/mol. The first kappa shape index (κ1) is 13.2. The van der Waals surface area contributed by atoms with Gasteiger partial charge in [0.05, 0.1) is 12.6 Å². The number of aliphatic hydroxyl groups is 2. The summed E-state index contributed by atoms with van der Waals surface area (Å²) in [5, 5.41) is 21.5. The van der Waals surface area contributed by atoms with Crippen LogP contribution in [0.4, 0.5) is 0 Å². The Labute approximate surface area is 96.3 Å². The van der Waals surface area contributed by atoms with Crippen molar-refractivity contribution in [3.8, 4) is 0 Å². The lowest BCUT2D eigenvalue weighted by molar-refractivity contribution is 0.145.